The van der Waals surface area contributed by atoms with Gasteiger partial charge >= 0.3 is 0 Å². The van der Waals surface area contributed by atoms with Gasteiger partial charge in [-0.3, -0.25) is 19.3 Å². The molecule has 0 spiro atoms. The molecule has 2 bridgehead atoms. The lowest BCUT2D eigenvalue weighted by Gasteiger charge is -2.28. The fraction of sp³-hybridized carbons (Fsp3) is 0.450. The maximum absolute atomic E-state index is 13.1. The number of halogens is 1. The van der Waals surface area contributed by atoms with Crippen LogP contribution in [-0.4, -0.2) is 29.2 Å². The molecule has 1 aliphatic heterocycles. The Morgan fingerprint density at radius 3 is 2.27 bits per heavy atom. The number of hydrogen-bond donors (Lipinski definition) is 1. The van der Waals surface area contributed by atoms with Gasteiger partial charge in [0.25, 0.3) is 0 Å². The first kappa shape index (κ1) is 17.5. The fourth-order valence-corrected chi connectivity index (χ4v) is 4.98. The molecule has 5 atom stereocenters. The summed E-state index contributed by atoms with van der Waals surface area (Å²) in [6, 6.07) is 6.93. The van der Waals surface area contributed by atoms with E-state index in [9.17, 15) is 14.4 Å². The van der Waals surface area contributed by atoms with E-state index < -0.39 is 6.04 Å². The van der Waals surface area contributed by atoms with E-state index in [1.807, 2.05) is 31.2 Å². The molecule has 5 nitrogen and oxygen atoms in total. The van der Waals surface area contributed by atoms with Gasteiger partial charge in [-0.2, -0.15) is 0 Å². The molecule has 3 amide bonds. The topological polar surface area (TPSA) is 66.5 Å². The monoisotopic (exact) mass is 416 g/mol. The summed E-state index contributed by atoms with van der Waals surface area (Å²) < 4.78 is 0.913. The first-order chi connectivity index (χ1) is 12.5. The van der Waals surface area contributed by atoms with Gasteiger partial charge in [-0.05, 0) is 42.9 Å². The third-order valence-corrected chi connectivity index (χ3v) is 6.35. The van der Waals surface area contributed by atoms with E-state index in [1.165, 1.54) is 4.90 Å². The van der Waals surface area contributed by atoms with Crippen molar-refractivity contribution in [3.63, 3.8) is 0 Å². The second kappa shape index (κ2) is 6.65. The predicted octanol–water partition coefficient (Wildman–Crippen LogP) is 2.82. The van der Waals surface area contributed by atoms with Gasteiger partial charge in [-0.15, -0.1) is 0 Å². The number of nitrogens with one attached hydrogen (secondary N) is 1. The lowest BCUT2D eigenvalue weighted by atomic mass is 9.85. The molecular formula is C20H21BrN2O3. The SMILES string of the molecule is CCNC(=O)CC(c1ccc(Br)cc1)N1C(=O)C2C3C=CC(C3)C2C1=O. The van der Waals surface area contributed by atoms with Crippen molar-refractivity contribution in [1.82, 2.24) is 10.2 Å². The van der Waals surface area contributed by atoms with Crippen molar-refractivity contribution in [2.24, 2.45) is 23.7 Å². The Balaban J connectivity index is 1.67. The number of benzene rings is 1. The Morgan fingerprint density at radius 2 is 1.73 bits per heavy atom. The number of likely N-dealkylation sites (tertiary alicyclic amines) is 1. The van der Waals surface area contributed by atoms with E-state index in [-0.39, 0.29) is 47.8 Å². The van der Waals surface area contributed by atoms with Gasteiger partial charge in [0.15, 0.2) is 0 Å². The number of allylic oxidation sites excluding steroid dienone is 2. The van der Waals surface area contributed by atoms with Crippen LogP contribution >= 0.6 is 15.9 Å². The minimum Gasteiger partial charge on any atom is -0.356 e. The molecule has 2 aliphatic carbocycles. The molecule has 1 saturated carbocycles. The van der Waals surface area contributed by atoms with Crippen LogP contribution in [0.25, 0.3) is 0 Å². The highest BCUT2D eigenvalue weighted by Crippen LogP contribution is 2.54. The van der Waals surface area contributed by atoms with Crippen LogP contribution in [0, 0.1) is 23.7 Å². The van der Waals surface area contributed by atoms with Gasteiger partial charge in [-0.1, -0.05) is 40.2 Å². The van der Waals surface area contributed by atoms with Crippen molar-refractivity contribution in [1.29, 1.82) is 0 Å². The quantitative estimate of drug-likeness (QED) is 0.592. The molecule has 1 saturated heterocycles. The molecule has 3 aliphatic rings. The minimum absolute atomic E-state index is 0.0924. The number of nitrogens with zero attached hydrogens (tertiary/aromatic N) is 1. The molecule has 4 rings (SSSR count). The van der Waals surface area contributed by atoms with Crippen LogP contribution < -0.4 is 5.32 Å². The number of rotatable bonds is 5. The van der Waals surface area contributed by atoms with E-state index in [0.29, 0.717) is 6.54 Å². The summed E-state index contributed by atoms with van der Waals surface area (Å²) in [5.41, 5.74) is 0.807. The van der Waals surface area contributed by atoms with Crippen LogP contribution in [0.15, 0.2) is 40.9 Å². The summed E-state index contributed by atoms with van der Waals surface area (Å²) >= 11 is 3.41. The zero-order valence-corrected chi connectivity index (χ0v) is 16.1. The van der Waals surface area contributed by atoms with E-state index in [1.54, 1.807) is 0 Å². The highest BCUT2D eigenvalue weighted by Gasteiger charge is 2.60. The molecule has 0 aromatic heterocycles. The molecular weight excluding hydrogens is 396 g/mol. The molecule has 136 valence electrons. The van der Waals surface area contributed by atoms with Gasteiger partial charge in [0.05, 0.1) is 24.3 Å². The number of fused-ring (bicyclic) bond motifs is 5. The molecule has 1 heterocycles. The largest absolute Gasteiger partial charge is 0.356 e. The second-order valence-corrected chi connectivity index (χ2v) is 8.19. The van der Waals surface area contributed by atoms with Crippen molar-refractivity contribution in [2.75, 3.05) is 6.54 Å². The van der Waals surface area contributed by atoms with E-state index in [4.69, 9.17) is 0 Å². The Morgan fingerprint density at radius 1 is 1.15 bits per heavy atom. The maximum atomic E-state index is 13.1. The third kappa shape index (κ3) is 2.71. The zero-order valence-electron chi connectivity index (χ0n) is 14.5. The molecule has 5 unspecified atom stereocenters. The van der Waals surface area contributed by atoms with E-state index in [0.717, 1.165) is 16.5 Å². The van der Waals surface area contributed by atoms with Gasteiger partial charge in [0.2, 0.25) is 17.7 Å². The second-order valence-electron chi connectivity index (χ2n) is 7.27. The number of carbonyl (C=O) groups is 3. The fourth-order valence-electron chi connectivity index (χ4n) is 4.72. The van der Waals surface area contributed by atoms with Gasteiger partial charge in [-0.25, -0.2) is 0 Å². The summed E-state index contributed by atoms with van der Waals surface area (Å²) in [6.45, 7) is 2.37. The van der Waals surface area contributed by atoms with Crippen molar-refractivity contribution < 1.29 is 14.4 Å². The molecule has 1 N–H and O–H groups in total. The Kier molecular flexibility index (Phi) is 4.47. The van der Waals surface area contributed by atoms with Crippen molar-refractivity contribution in [3.8, 4) is 0 Å². The summed E-state index contributed by atoms with van der Waals surface area (Å²) in [5.74, 6) is -0.542. The molecule has 1 aromatic carbocycles. The number of hydrogen-bond acceptors (Lipinski definition) is 3. The van der Waals surface area contributed by atoms with Crippen LogP contribution in [0.5, 0.6) is 0 Å². The van der Waals surface area contributed by atoms with Crippen LogP contribution in [-0.2, 0) is 14.4 Å². The van der Waals surface area contributed by atoms with Crippen LogP contribution in [0.4, 0.5) is 0 Å². The minimum atomic E-state index is -0.556. The lowest BCUT2D eigenvalue weighted by Crippen LogP contribution is -2.39. The normalized spacial score (nSPS) is 30.0. The first-order valence-electron chi connectivity index (χ1n) is 9.08. The predicted molar refractivity (Wildman–Crippen MR) is 99.8 cm³/mol. The van der Waals surface area contributed by atoms with Crippen LogP contribution in [0.3, 0.4) is 0 Å². The standard InChI is InChI=1S/C20H21BrN2O3/c1-2-22-16(24)10-15(11-5-7-14(21)8-6-11)23-19(25)17-12-3-4-13(9-12)18(17)20(23)26/h3-8,12-13,15,17-18H,2,9-10H2,1H3,(H,22,24). The molecule has 0 radical (unpaired) electrons. The van der Waals surface area contributed by atoms with Crippen molar-refractivity contribution in [2.45, 2.75) is 25.8 Å². The highest BCUT2D eigenvalue weighted by atomic mass is 79.9. The smallest absolute Gasteiger partial charge is 0.234 e. The Bertz CT molecular complexity index is 759. The average Bonchev–Trinajstić information content (AvgIpc) is 3.29. The van der Waals surface area contributed by atoms with E-state index in [2.05, 4.69) is 33.4 Å². The maximum Gasteiger partial charge on any atom is 0.234 e. The van der Waals surface area contributed by atoms with Crippen LogP contribution in [0.2, 0.25) is 0 Å². The summed E-state index contributed by atoms with van der Waals surface area (Å²) in [4.78, 5) is 39.9. The Hall–Kier alpha value is -1.95. The number of amides is 3. The average molecular weight is 417 g/mol. The molecule has 26 heavy (non-hydrogen) atoms. The lowest BCUT2D eigenvalue weighted by molar-refractivity contribution is -0.144. The van der Waals surface area contributed by atoms with Crippen molar-refractivity contribution in [3.05, 3.63) is 46.5 Å². The highest BCUT2D eigenvalue weighted by molar-refractivity contribution is 9.10. The summed E-state index contributed by atoms with van der Waals surface area (Å²) in [7, 11) is 0. The van der Waals surface area contributed by atoms with Gasteiger partial charge in [0, 0.05) is 11.0 Å². The van der Waals surface area contributed by atoms with Gasteiger partial charge < -0.3 is 5.32 Å². The van der Waals surface area contributed by atoms with Crippen LogP contribution in [0.1, 0.15) is 31.4 Å². The Labute approximate surface area is 160 Å². The third-order valence-electron chi connectivity index (χ3n) is 5.82. The summed E-state index contributed by atoms with van der Waals surface area (Å²) in [5, 5.41) is 2.78. The first-order valence-corrected chi connectivity index (χ1v) is 9.88. The molecule has 2 fully saturated rings. The molecule has 1 aromatic rings. The summed E-state index contributed by atoms with van der Waals surface area (Å²) in [6.07, 6.45) is 5.16. The van der Waals surface area contributed by atoms with Gasteiger partial charge in [0.1, 0.15) is 0 Å². The molecule has 6 heteroatoms. The number of carbonyl (C=O) groups excluding carboxylic acids is 3. The van der Waals surface area contributed by atoms with E-state index >= 15 is 0 Å². The number of imide groups is 1. The zero-order chi connectivity index (χ0) is 18.4. The van der Waals surface area contributed by atoms with Crippen molar-refractivity contribution >= 4 is 33.7 Å².